The van der Waals surface area contributed by atoms with Gasteiger partial charge in [-0.05, 0) is 0 Å². The minimum absolute atomic E-state index is 0.469. The highest BCUT2D eigenvalue weighted by atomic mass is 19.4. The van der Waals surface area contributed by atoms with Gasteiger partial charge in [0.2, 0.25) is 6.29 Å². The Labute approximate surface area is 75.8 Å². The highest BCUT2D eigenvalue weighted by molar-refractivity contribution is 5.83. The first kappa shape index (κ1) is 10.8. The summed E-state index contributed by atoms with van der Waals surface area (Å²) in [5.74, 6) is -3.06. The molecule has 0 aromatic rings. The summed E-state index contributed by atoms with van der Waals surface area (Å²) in [5, 5.41) is 10.3. The van der Waals surface area contributed by atoms with E-state index >= 15 is 0 Å². The maximum atomic E-state index is 11.7. The van der Waals surface area contributed by atoms with Gasteiger partial charge in [0.25, 0.3) is 0 Å². The molecule has 1 unspecified atom stereocenters. The van der Waals surface area contributed by atoms with Gasteiger partial charge in [-0.25, -0.2) is 0 Å². The molecule has 0 spiro atoms. The molecule has 2 N–H and O–H groups in total. The average Bonchev–Trinajstić information content (AvgIpc) is 2.28. The molecule has 80 valence electrons. The SMILES string of the molecule is O=C1C[C@H](NC(=O)C(F)(F)F)C(O)O1. The van der Waals surface area contributed by atoms with Gasteiger partial charge in [0.1, 0.15) is 6.04 Å². The number of rotatable bonds is 1. The molecule has 5 nitrogen and oxygen atoms in total. The van der Waals surface area contributed by atoms with Gasteiger partial charge >= 0.3 is 18.1 Å². The second kappa shape index (κ2) is 3.45. The zero-order valence-electron chi connectivity index (χ0n) is 6.67. The monoisotopic (exact) mass is 213 g/mol. The van der Waals surface area contributed by atoms with Crippen LogP contribution in [0.2, 0.25) is 0 Å². The second-order valence-corrected chi connectivity index (χ2v) is 2.66. The molecule has 0 bridgehead atoms. The van der Waals surface area contributed by atoms with Gasteiger partial charge in [-0.15, -0.1) is 0 Å². The molecule has 0 aromatic heterocycles. The number of nitrogens with one attached hydrogen (secondary N) is 1. The fraction of sp³-hybridized carbons (Fsp3) is 0.667. The third-order valence-electron chi connectivity index (χ3n) is 1.56. The van der Waals surface area contributed by atoms with Crippen molar-refractivity contribution in [3.05, 3.63) is 0 Å². The summed E-state index contributed by atoms with van der Waals surface area (Å²) in [5.41, 5.74) is 0. The lowest BCUT2D eigenvalue weighted by Gasteiger charge is -2.14. The number of cyclic esters (lactones) is 1. The number of alkyl halides is 3. The van der Waals surface area contributed by atoms with E-state index in [2.05, 4.69) is 4.74 Å². The molecule has 1 rings (SSSR count). The highest BCUT2D eigenvalue weighted by Gasteiger charge is 2.43. The van der Waals surface area contributed by atoms with Crippen LogP contribution in [-0.4, -0.2) is 35.5 Å². The summed E-state index contributed by atoms with van der Waals surface area (Å²) in [7, 11) is 0. The van der Waals surface area contributed by atoms with Crippen LogP contribution in [0.4, 0.5) is 13.2 Å². The Balaban J connectivity index is 2.53. The molecule has 0 aliphatic carbocycles. The quantitative estimate of drug-likeness (QED) is 0.564. The Hall–Kier alpha value is -1.31. The molecule has 8 heteroatoms. The van der Waals surface area contributed by atoms with Crippen molar-refractivity contribution in [2.45, 2.75) is 24.9 Å². The van der Waals surface area contributed by atoms with Crippen molar-refractivity contribution in [2.75, 3.05) is 0 Å². The molecule has 0 radical (unpaired) electrons. The largest absolute Gasteiger partial charge is 0.471 e. The average molecular weight is 213 g/mol. The Morgan fingerprint density at radius 3 is 2.50 bits per heavy atom. The van der Waals surface area contributed by atoms with E-state index in [1.54, 1.807) is 0 Å². The predicted molar refractivity (Wildman–Crippen MR) is 34.7 cm³/mol. The maximum absolute atomic E-state index is 11.7. The number of esters is 1. The Morgan fingerprint density at radius 2 is 2.14 bits per heavy atom. The number of ether oxygens (including phenoxy) is 1. The number of aliphatic hydroxyl groups excluding tert-OH is 1. The van der Waals surface area contributed by atoms with E-state index in [-0.39, 0.29) is 0 Å². The van der Waals surface area contributed by atoms with E-state index in [4.69, 9.17) is 5.11 Å². The van der Waals surface area contributed by atoms with Crippen molar-refractivity contribution in [3.8, 4) is 0 Å². The van der Waals surface area contributed by atoms with E-state index in [9.17, 15) is 22.8 Å². The van der Waals surface area contributed by atoms with Gasteiger partial charge in [0, 0.05) is 0 Å². The minimum Gasteiger partial charge on any atom is -0.434 e. The lowest BCUT2D eigenvalue weighted by molar-refractivity contribution is -0.176. The lowest BCUT2D eigenvalue weighted by Crippen LogP contribution is -2.46. The molecule has 1 aliphatic heterocycles. The maximum Gasteiger partial charge on any atom is 0.471 e. The molecule has 0 aromatic carbocycles. The van der Waals surface area contributed by atoms with Crippen molar-refractivity contribution in [2.24, 2.45) is 0 Å². The van der Waals surface area contributed by atoms with Gasteiger partial charge in [-0.2, -0.15) is 13.2 Å². The Kier molecular flexibility index (Phi) is 2.65. The molecular weight excluding hydrogens is 207 g/mol. The normalized spacial score (nSPS) is 27.3. The summed E-state index contributed by atoms with van der Waals surface area (Å²) in [6.07, 6.45) is -7.22. The first-order chi connectivity index (χ1) is 6.30. The Bertz CT molecular complexity index is 264. The lowest BCUT2D eigenvalue weighted by atomic mass is 10.2. The van der Waals surface area contributed by atoms with Crippen LogP contribution in [0.15, 0.2) is 0 Å². The van der Waals surface area contributed by atoms with Gasteiger partial charge in [0.15, 0.2) is 0 Å². The van der Waals surface area contributed by atoms with Crippen molar-refractivity contribution in [3.63, 3.8) is 0 Å². The van der Waals surface area contributed by atoms with Crippen molar-refractivity contribution >= 4 is 11.9 Å². The van der Waals surface area contributed by atoms with Gasteiger partial charge in [0.05, 0.1) is 6.42 Å². The Morgan fingerprint density at radius 1 is 1.57 bits per heavy atom. The number of amides is 1. The van der Waals surface area contributed by atoms with Crippen LogP contribution in [0.25, 0.3) is 0 Å². The van der Waals surface area contributed by atoms with E-state index in [0.29, 0.717) is 0 Å². The zero-order chi connectivity index (χ0) is 10.9. The molecular formula is C6H6F3NO4. The van der Waals surface area contributed by atoms with Gasteiger partial charge in [-0.3, -0.25) is 9.59 Å². The van der Waals surface area contributed by atoms with Crippen LogP contribution in [-0.2, 0) is 14.3 Å². The number of aliphatic hydroxyl groups is 1. The van der Waals surface area contributed by atoms with Gasteiger partial charge in [-0.1, -0.05) is 0 Å². The molecule has 1 fully saturated rings. The smallest absolute Gasteiger partial charge is 0.434 e. The number of carbonyl (C=O) groups excluding carboxylic acids is 2. The first-order valence-corrected chi connectivity index (χ1v) is 3.56. The topological polar surface area (TPSA) is 75.6 Å². The molecule has 1 heterocycles. The third-order valence-corrected chi connectivity index (χ3v) is 1.56. The molecule has 14 heavy (non-hydrogen) atoms. The molecule has 1 aliphatic rings. The molecule has 2 atom stereocenters. The number of hydrogen-bond acceptors (Lipinski definition) is 4. The highest BCUT2D eigenvalue weighted by Crippen LogP contribution is 2.18. The second-order valence-electron chi connectivity index (χ2n) is 2.66. The fourth-order valence-corrected chi connectivity index (χ4v) is 0.918. The van der Waals surface area contributed by atoms with Crippen LogP contribution >= 0.6 is 0 Å². The van der Waals surface area contributed by atoms with Crippen LogP contribution in [0.5, 0.6) is 0 Å². The minimum atomic E-state index is -5.04. The van der Waals surface area contributed by atoms with Crippen LogP contribution < -0.4 is 5.32 Å². The molecule has 0 saturated carbocycles. The summed E-state index contributed by atoms with van der Waals surface area (Å²) >= 11 is 0. The number of hydrogen-bond donors (Lipinski definition) is 2. The van der Waals surface area contributed by atoms with Crippen molar-refractivity contribution < 1.29 is 32.6 Å². The number of carbonyl (C=O) groups is 2. The number of halogens is 3. The van der Waals surface area contributed by atoms with Gasteiger partial charge < -0.3 is 15.2 Å². The molecule has 1 saturated heterocycles. The van der Waals surface area contributed by atoms with Crippen molar-refractivity contribution in [1.29, 1.82) is 0 Å². The van der Waals surface area contributed by atoms with Crippen molar-refractivity contribution in [1.82, 2.24) is 5.32 Å². The van der Waals surface area contributed by atoms with E-state index in [0.717, 1.165) is 0 Å². The standard InChI is InChI=1S/C6H6F3NO4/c7-6(8,9)5(13)10-2-1-3(11)14-4(2)12/h2,4,12H,1H2,(H,10,13)/t2-,4?/m0/s1. The van der Waals surface area contributed by atoms with Crippen LogP contribution in [0.3, 0.4) is 0 Å². The molecule has 1 amide bonds. The predicted octanol–water partition coefficient (Wildman–Crippen LogP) is -0.701. The van der Waals surface area contributed by atoms with E-state index in [1.165, 1.54) is 5.32 Å². The van der Waals surface area contributed by atoms with E-state index in [1.807, 2.05) is 0 Å². The summed E-state index contributed by atoms with van der Waals surface area (Å²) in [6.45, 7) is 0. The summed E-state index contributed by atoms with van der Waals surface area (Å²) < 4.78 is 39.2. The first-order valence-electron chi connectivity index (χ1n) is 3.56. The van der Waals surface area contributed by atoms with E-state index < -0.39 is 36.8 Å². The van der Waals surface area contributed by atoms with Crippen LogP contribution in [0, 0.1) is 0 Å². The summed E-state index contributed by atoms with van der Waals surface area (Å²) in [6, 6.07) is -1.34. The summed E-state index contributed by atoms with van der Waals surface area (Å²) in [4.78, 5) is 20.8. The zero-order valence-corrected chi connectivity index (χ0v) is 6.67. The third kappa shape index (κ3) is 2.34. The van der Waals surface area contributed by atoms with Crippen LogP contribution in [0.1, 0.15) is 6.42 Å². The fourth-order valence-electron chi connectivity index (χ4n) is 0.918.